The largest absolute Gasteiger partial charge is 0.330 e. The second-order valence-corrected chi connectivity index (χ2v) is 5.21. The highest BCUT2D eigenvalue weighted by molar-refractivity contribution is 7.99. The van der Waals surface area contributed by atoms with E-state index in [0.717, 1.165) is 10.6 Å². The monoisotopic (exact) mass is 261 g/mol. The van der Waals surface area contributed by atoms with Crippen LogP contribution in [0.5, 0.6) is 0 Å². The molecule has 0 aliphatic rings. The van der Waals surface area contributed by atoms with Crippen molar-refractivity contribution in [2.45, 2.75) is 10.8 Å². The first-order valence-corrected chi connectivity index (χ1v) is 6.91. The molecule has 18 heavy (non-hydrogen) atoms. The van der Waals surface area contributed by atoms with Crippen LogP contribution in [-0.4, -0.2) is 12.3 Å². The van der Waals surface area contributed by atoms with Gasteiger partial charge in [-0.2, -0.15) is 0 Å². The van der Waals surface area contributed by atoms with Crippen LogP contribution >= 0.6 is 11.8 Å². The van der Waals surface area contributed by atoms with Gasteiger partial charge >= 0.3 is 0 Å². The van der Waals surface area contributed by atoms with Crippen LogP contribution in [0.25, 0.3) is 0 Å². The van der Waals surface area contributed by atoms with Crippen LogP contribution in [0.4, 0.5) is 4.39 Å². The van der Waals surface area contributed by atoms with E-state index in [4.69, 9.17) is 5.73 Å². The Labute approximate surface area is 111 Å². The lowest BCUT2D eigenvalue weighted by Crippen LogP contribution is -2.14. The first-order chi connectivity index (χ1) is 8.79. The molecule has 0 aliphatic heterocycles. The number of hydrogen-bond donors (Lipinski definition) is 1. The normalized spacial score (nSPS) is 12.3. The molecule has 0 heterocycles. The van der Waals surface area contributed by atoms with Crippen molar-refractivity contribution in [1.82, 2.24) is 0 Å². The first kappa shape index (κ1) is 13.1. The van der Waals surface area contributed by atoms with Crippen LogP contribution in [0.3, 0.4) is 0 Å². The van der Waals surface area contributed by atoms with E-state index in [-0.39, 0.29) is 5.82 Å². The van der Waals surface area contributed by atoms with Crippen LogP contribution in [0, 0.1) is 5.82 Å². The van der Waals surface area contributed by atoms with Crippen molar-refractivity contribution < 1.29 is 4.39 Å². The van der Waals surface area contributed by atoms with Crippen molar-refractivity contribution in [3.05, 3.63) is 66.0 Å². The minimum atomic E-state index is -0.191. The van der Waals surface area contributed by atoms with Gasteiger partial charge in [0.2, 0.25) is 0 Å². The zero-order valence-electron chi connectivity index (χ0n) is 10.1. The molecular weight excluding hydrogens is 245 g/mol. The average molecular weight is 261 g/mol. The van der Waals surface area contributed by atoms with Gasteiger partial charge in [0.05, 0.1) is 0 Å². The molecule has 0 amide bonds. The Morgan fingerprint density at radius 3 is 2.50 bits per heavy atom. The lowest BCUT2D eigenvalue weighted by Gasteiger charge is -2.14. The van der Waals surface area contributed by atoms with E-state index in [9.17, 15) is 4.39 Å². The molecular formula is C15H16FNS. The number of thioether (sulfide) groups is 1. The number of nitrogens with two attached hydrogens (primary N) is 1. The van der Waals surface area contributed by atoms with Crippen LogP contribution in [0.15, 0.2) is 59.5 Å². The van der Waals surface area contributed by atoms with E-state index in [1.54, 1.807) is 23.9 Å². The molecule has 0 saturated heterocycles. The van der Waals surface area contributed by atoms with E-state index in [1.165, 1.54) is 11.6 Å². The van der Waals surface area contributed by atoms with Crippen molar-refractivity contribution in [2.24, 2.45) is 5.73 Å². The Hall–Kier alpha value is -1.32. The maximum Gasteiger partial charge on any atom is 0.124 e. The van der Waals surface area contributed by atoms with Crippen LogP contribution in [0.2, 0.25) is 0 Å². The Kier molecular flexibility index (Phi) is 4.79. The topological polar surface area (TPSA) is 26.0 Å². The van der Waals surface area contributed by atoms with Crippen molar-refractivity contribution in [1.29, 1.82) is 0 Å². The standard InChI is InChI=1S/C15H16FNS/c16-14-7-4-8-15(9-14)18-11-13(10-17)12-5-2-1-3-6-12/h1-9,13H,10-11,17H2. The summed E-state index contributed by atoms with van der Waals surface area (Å²) in [4.78, 5) is 0.949. The Morgan fingerprint density at radius 2 is 1.83 bits per heavy atom. The third kappa shape index (κ3) is 3.59. The van der Waals surface area contributed by atoms with Crippen molar-refractivity contribution in [2.75, 3.05) is 12.3 Å². The lowest BCUT2D eigenvalue weighted by atomic mass is 10.0. The summed E-state index contributed by atoms with van der Waals surface area (Å²) in [6.07, 6.45) is 0. The second-order valence-electron chi connectivity index (χ2n) is 4.11. The van der Waals surface area contributed by atoms with Gasteiger partial charge in [0.1, 0.15) is 5.82 Å². The summed E-state index contributed by atoms with van der Waals surface area (Å²) < 4.78 is 13.1. The Balaban J connectivity index is 2.00. The van der Waals surface area contributed by atoms with Gasteiger partial charge in [-0.25, -0.2) is 4.39 Å². The molecule has 0 fully saturated rings. The van der Waals surface area contributed by atoms with E-state index in [2.05, 4.69) is 12.1 Å². The molecule has 2 aromatic rings. The number of hydrogen-bond acceptors (Lipinski definition) is 2. The summed E-state index contributed by atoms with van der Waals surface area (Å²) >= 11 is 1.64. The van der Waals surface area contributed by atoms with Crippen LogP contribution < -0.4 is 5.73 Å². The average Bonchev–Trinajstić information content (AvgIpc) is 2.41. The third-order valence-corrected chi connectivity index (χ3v) is 3.96. The summed E-state index contributed by atoms with van der Waals surface area (Å²) in [6, 6.07) is 16.9. The summed E-state index contributed by atoms with van der Waals surface area (Å²) in [5, 5.41) is 0. The molecule has 0 bridgehead atoms. The van der Waals surface area contributed by atoms with Gasteiger partial charge < -0.3 is 5.73 Å². The minimum Gasteiger partial charge on any atom is -0.330 e. The third-order valence-electron chi connectivity index (χ3n) is 2.80. The fourth-order valence-electron chi connectivity index (χ4n) is 1.78. The highest BCUT2D eigenvalue weighted by atomic mass is 32.2. The zero-order valence-corrected chi connectivity index (χ0v) is 10.9. The minimum absolute atomic E-state index is 0.191. The van der Waals surface area contributed by atoms with Gasteiger partial charge in [0.25, 0.3) is 0 Å². The molecule has 0 radical (unpaired) electrons. The maximum absolute atomic E-state index is 13.1. The Bertz CT molecular complexity index is 487. The molecule has 0 saturated carbocycles. The summed E-state index contributed by atoms with van der Waals surface area (Å²) in [6.45, 7) is 0.604. The highest BCUT2D eigenvalue weighted by Gasteiger charge is 2.09. The molecule has 94 valence electrons. The predicted molar refractivity (Wildman–Crippen MR) is 75.4 cm³/mol. The second kappa shape index (κ2) is 6.57. The van der Waals surface area contributed by atoms with E-state index in [0.29, 0.717) is 12.5 Å². The molecule has 0 aliphatic carbocycles. The molecule has 1 atom stereocenters. The summed E-state index contributed by atoms with van der Waals surface area (Å²) in [7, 11) is 0. The van der Waals surface area contributed by atoms with Crippen molar-refractivity contribution >= 4 is 11.8 Å². The van der Waals surface area contributed by atoms with Gasteiger partial charge in [-0.1, -0.05) is 36.4 Å². The van der Waals surface area contributed by atoms with Crippen LogP contribution in [0.1, 0.15) is 11.5 Å². The molecule has 1 unspecified atom stereocenters. The van der Waals surface area contributed by atoms with Crippen molar-refractivity contribution in [3.63, 3.8) is 0 Å². The molecule has 2 N–H and O–H groups in total. The molecule has 2 rings (SSSR count). The van der Waals surface area contributed by atoms with Gasteiger partial charge in [-0.05, 0) is 30.3 Å². The smallest absolute Gasteiger partial charge is 0.124 e. The number of rotatable bonds is 5. The zero-order chi connectivity index (χ0) is 12.8. The summed E-state index contributed by atoms with van der Waals surface area (Å²) in [5.74, 6) is 0.979. The van der Waals surface area contributed by atoms with Crippen LogP contribution in [-0.2, 0) is 0 Å². The molecule has 0 aromatic heterocycles. The number of halogens is 1. The van der Waals surface area contributed by atoms with Gasteiger partial charge in [0, 0.05) is 16.6 Å². The fourth-order valence-corrected chi connectivity index (χ4v) is 2.87. The fraction of sp³-hybridized carbons (Fsp3) is 0.200. The molecule has 3 heteroatoms. The number of benzene rings is 2. The van der Waals surface area contributed by atoms with Crippen molar-refractivity contribution in [3.8, 4) is 0 Å². The van der Waals surface area contributed by atoms with E-state index < -0.39 is 0 Å². The first-order valence-electron chi connectivity index (χ1n) is 5.93. The molecule has 0 spiro atoms. The quantitative estimate of drug-likeness (QED) is 0.831. The maximum atomic E-state index is 13.1. The molecule has 1 nitrogen and oxygen atoms in total. The summed E-state index contributed by atoms with van der Waals surface area (Å²) in [5.41, 5.74) is 7.05. The van der Waals surface area contributed by atoms with Gasteiger partial charge in [-0.3, -0.25) is 0 Å². The lowest BCUT2D eigenvalue weighted by molar-refractivity contribution is 0.624. The highest BCUT2D eigenvalue weighted by Crippen LogP contribution is 2.26. The predicted octanol–water partition coefficient (Wildman–Crippen LogP) is 3.66. The SMILES string of the molecule is NCC(CSc1cccc(F)c1)c1ccccc1. The van der Waals surface area contributed by atoms with Gasteiger partial charge in [0.15, 0.2) is 0 Å². The van der Waals surface area contributed by atoms with Gasteiger partial charge in [-0.15, -0.1) is 11.8 Å². The molecule has 2 aromatic carbocycles. The Morgan fingerprint density at radius 1 is 1.06 bits per heavy atom. The van der Waals surface area contributed by atoms with E-state index in [1.807, 2.05) is 24.3 Å². The van der Waals surface area contributed by atoms with E-state index >= 15 is 0 Å².